The lowest BCUT2D eigenvalue weighted by Crippen LogP contribution is -2.21. The molecule has 0 heterocycles. The third-order valence-corrected chi connectivity index (χ3v) is 3.22. The van der Waals surface area contributed by atoms with E-state index in [1.54, 1.807) is 0 Å². The second kappa shape index (κ2) is 11.8. The summed E-state index contributed by atoms with van der Waals surface area (Å²) in [5.74, 6) is -1.67. The Hall–Kier alpha value is -1.85. The Kier molecular flexibility index (Phi) is 10.8. The Morgan fingerprint density at radius 3 is 2.32 bits per heavy atom. The average molecular weight is 314 g/mol. The van der Waals surface area contributed by atoms with E-state index in [4.69, 9.17) is 9.47 Å². The summed E-state index contributed by atoms with van der Waals surface area (Å²) in [5.41, 5.74) is -0.0611. The first-order chi connectivity index (χ1) is 10.4. The van der Waals surface area contributed by atoms with Crippen molar-refractivity contribution < 1.29 is 28.6 Å². The molecule has 0 rings (SSSR count). The van der Waals surface area contributed by atoms with Gasteiger partial charge < -0.3 is 14.2 Å². The van der Waals surface area contributed by atoms with E-state index in [1.165, 1.54) is 7.11 Å². The molecule has 0 saturated carbocycles. The molecule has 0 fully saturated rings. The van der Waals surface area contributed by atoms with Crippen LogP contribution in [0.4, 0.5) is 0 Å². The summed E-state index contributed by atoms with van der Waals surface area (Å²) < 4.78 is 14.2. The molecular formula is C16H26O6. The number of hydrogen-bond donors (Lipinski definition) is 0. The number of rotatable bonds is 11. The second-order valence-corrected chi connectivity index (χ2v) is 5.03. The van der Waals surface area contributed by atoms with Crippen molar-refractivity contribution in [1.82, 2.24) is 0 Å². The maximum absolute atomic E-state index is 11.5. The summed E-state index contributed by atoms with van der Waals surface area (Å²) >= 11 is 0. The number of ether oxygens (including phenoxy) is 3. The number of carbonyl (C=O) groups is 3. The van der Waals surface area contributed by atoms with E-state index in [9.17, 15) is 14.4 Å². The maximum Gasteiger partial charge on any atom is 0.344 e. The lowest BCUT2D eigenvalue weighted by atomic mass is 10.0. The van der Waals surface area contributed by atoms with Crippen LogP contribution in [0.3, 0.4) is 0 Å². The smallest absolute Gasteiger partial charge is 0.344 e. The number of esters is 3. The summed E-state index contributed by atoms with van der Waals surface area (Å²) in [6, 6.07) is 0. The highest BCUT2D eigenvalue weighted by Gasteiger charge is 2.16. The molecule has 0 spiro atoms. The zero-order valence-electron chi connectivity index (χ0n) is 13.7. The number of hydrogen-bond acceptors (Lipinski definition) is 6. The molecule has 0 aliphatic heterocycles. The van der Waals surface area contributed by atoms with Crippen LogP contribution in [0.1, 0.15) is 46.0 Å². The van der Waals surface area contributed by atoms with Crippen LogP contribution in [0.5, 0.6) is 0 Å². The summed E-state index contributed by atoms with van der Waals surface area (Å²) in [5, 5.41) is 0. The molecule has 0 aromatic heterocycles. The molecule has 0 aromatic carbocycles. The van der Waals surface area contributed by atoms with Gasteiger partial charge in [0.2, 0.25) is 0 Å². The highest BCUT2D eigenvalue weighted by Crippen LogP contribution is 2.13. The first kappa shape index (κ1) is 20.1. The molecule has 0 saturated heterocycles. The summed E-state index contributed by atoms with van der Waals surface area (Å²) in [6.07, 6.45) is 3.88. The first-order valence-corrected chi connectivity index (χ1v) is 7.51. The van der Waals surface area contributed by atoms with E-state index in [0.717, 1.165) is 25.7 Å². The van der Waals surface area contributed by atoms with Crippen molar-refractivity contribution >= 4 is 17.9 Å². The van der Waals surface area contributed by atoms with Crippen molar-refractivity contribution in [3.63, 3.8) is 0 Å². The van der Waals surface area contributed by atoms with E-state index in [1.807, 2.05) is 6.92 Å². The summed E-state index contributed by atoms with van der Waals surface area (Å²) in [6.45, 7) is 7.42. The van der Waals surface area contributed by atoms with Gasteiger partial charge in [0, 0.05) is 5.57 Å². The van der Waals surface area contributed by atoms with Gasteiger partial charge in [0.25, 0.3) is 0 Å². The van der Waals surface area contributed by atoms with E-state index in [2.05, 4.69) is 18.2 Å². The van der Waals surface area contributed by atoms with Gasteiger partial charge in [-0.25, -0.2) is 9.59 Å². The number of methoxy groups -OCH3 is 1. The fourth-order valence-electron chi connectivity index (χ4n) is 1.70. The highest BCUT2D eigenvalue weighted by molar-refractivity contribution is 5.94. The second-order valence-electron chi connectivity index (χ2n) is 5.03. The average Bonchev–Trinajstić information content (AvgIpc) is 2.52. The van der Waals surface area contributed by atoms with Gasteiger partial charge in [-0.15, -0.1) is 0 Å². The Balaban J connectivity index is 3.99. The largest absolute Gasteiger partial charge is 0.469 e. The predicted molar refractivity (Wildman–Crippen MR) is 81.0 cm³/mol. The standard InChI is InChI=1S/C16H26O6/c1-5-7-8-13(6-2)10-21-15(18)11-22-16(19)12(3)9-14(17)20-4/h13H,3,5-11H2,1-2,4H3. The summed E-state index contributed by atoms with van der Waals surface area (Å²) in [7, 11) is 1.21. The van der Waals surface area contributed by atoms with Gasteiger partial charge in [0.1, 0.15) is 0 Å². The Morgan fingerprint density at radius 1 is 1.09 bits per heavy atom. The molecule has 0 amide bonds. The Labute approximate surface area is 131 Å². The van der Waals surface area contributed by atoms with Crippen LogP contribution in [0.2, 0.25) is 0 Å². The Bertz CT molecular complexity index is 388. The fraction of sp³-hybridized carbons (Fsp3) is 0.688. The van der Waals surface area contributed by atoms with E-state index >= 15 is 0 Å². The molecule has 0 aromatic rings. The highest BCUT2D eigenvalue weighted by atomic mass is 16.6. The fourth-order valence-corrected chi connectivity index (χ4v) is 1.70. The van der Waals surface area contributed by atoms with Gasteiger partial charge in [-0.2, -0.15) is 0 Å². The molecule has 1 unspecified atom stereocenters. The zero-order chi connectivity index (χ0) is 17.0. The molecule has 0 bridgehead atoms. The Morgan fingerprint density at radius 2 is 1.77 bits per heavy atom. The van der Waals surface area contributed by atoms with Crippen molar-refractivity contribution in [2.45, 2.75) is 46.0 Å². The number of unbranched alkanes of at least 4 members (excludes halogenated alkanes) is 1. The van der Waals surface area contributed by atoms with Gasteiger partial charge in [-0.05, 0) is 12.3 Å². The van der Waals surface area contributed by atoms with Gasteiger partial charge in [0.15, 0.2) is 6.61 Å². The molecule has 1 atom stereocenters. The SMILES string of the molecule is C=C(CC(=O)OC)C(=O)OCC(=O)OCC(CC)CCCC. The third kappa shape index (κ3) is 9.15. The van der Waals surface area contributed by atoms with Crippen LogP contribution >= 0.6 is 0 Å². The van der Waals surface area contributed by atoms with Crippen LogP contribution < -0.4 is 0 Å². The van der Waals surface area contributed by atoms with Gasteiger partial charge in [0.05, 0.1) is 20.1 Å². The van der Waals surface area contributed by atoms with Crippen molar-refractivity contribution in [2.75, 3.05) is 20.3 Å². The van der Waals surface area contributed by atoms with Crippen molar-refractivity contribution in [1.29, 1.82) is 0 Å². The van der Waals surface area contributed by atoms with Crippen LogP contribution in [0.25, 0.3) is 0 Å². The van der Waals surface area contributed by atoms with Crippen molar-refractivity contribution in [2.24, 2.45) is 5.92 Å². The first-order valence-electron chi connectivity index (χ1n) is 7.51. The van der Waals surface area contributed by atoms with Crippen LogP contribution in [0, 0.1) is 5.92 Å². The molecule has 6 heteroatoms. The normalized spacial score (nSPS) is 11.4. The molecule has 0 aliphatic rings. The minimum Gasteiger partial charge on any atom is -0.469 e. The molecule has 6 nitrogen and oxygen atoms in total. The van der Waals surface area contributed by atoms with Gasteiger partial charge >= 0.3 is 17.9 Å². The molecule has 0 radical (unpaired) electrons. The lowest BCUT2D eigenvalue weighted by molar-refractivity contribution is -0.158. The minimum absolute atomic E-state index is 0.0611. The quantitative estimate of drug-likeness (QED) is 0.331. The van der Waals surface area contributed by atoms with Gasteiger partial charge in [-0.3, -0.25) is 4.79 Å². The summed E-state index contributed by atoms with van der Waals surface area (Å²) in [4.78, 5) is 34.0. The lowest BCUT2D eigenvalue weighted by Gasteiger charge is -2.14. The van der Waals surface area contributed by atoms with E-state index in [-0.39, 0.29) is 12.0 Å². The van der Waals surface area contributed by atoms with Crippen LogP contribution in [-0.4, -0.2) is 38.2 Å². The zero-order valence-corrected chi connectivity index (χ0v) is 13.7. The van der Waals surface area contributed by atoms with Crippen LogP contribution in [0.15, 0.2) is 12.2 Å². The maximum atomic E-state index is 11.5. The monoisotopic (exact) mass is 314 g/mol. The minimum atomic E-state index is -0.805. The molecule has 126 valence electrons. The molecular weight excluding hydrogens is 288 g/mol. The third-order valence-electron chi connectivity index (χ3n) is 3.22. The molecule has 22 heavy (non-hydrogen) atoms. The van der Waals surface area contributed by atoms with Gasteiger partial charge in [-0.1, -0.05) is 39.7 Å². The molecule has 0 aliphatic carbocycles. The van der Waals surface area contributed by atoms with E-state index < -0.39 is 24.5 Å². The topological polar surface area (TPSA) is 78.9 Å². The van der Waals surface area contributed by atoms with E-state index in [0.29, 0.717) is 12.5 Å². The molecule has 0 N–H and O–H groups in total. The van der Waals surface area contributed by atoms with Crippen LogP contribution in [-0.2, 0) is 28.6 Å². The number of carbonyl (C=O) groups excluding carboxylic acids is 3. The van der Waals surface area contributed by atoms with Crippen molar-refractivity contribution in [3.8, 4) is 0 Å². The predicted octanol–water partition coefficient (Wildman–Crippen LogP) is 2.41. The van der Waals surface area contributed by atoms with Crippen molar-refractivity contribution in [3.05, 3.63) is 12.2 Å².